The van der Waals surface area contributed by atoms with Gasteiger partial charge in [0, 0.05) is 18.7 Å². The Morgan fingerprint density at radius 2 is 2.06 bits per heavy atom. The molecule has 1 atom stereocenters. The molecule has 17 heavy (non-hydrogen) atoms. The number of sulfonamides is 1. The van der Waals surface area contributed by atoms with E-state index in [9.17, 15) is 13.2 Å². The number of hydrogen-bond acceptors (Lipinski definition) is 4. The standard InChI is InChI=1S/C11H15NO4S/c13-9-10-1-3-11(4-2-10)17(14,15)12-5-7-16-8-6-12/h1-3,9,11H,4-8H2. The van der Waals surface area contributed by atoms with Crippen LogP contribution in [0.4, 0.5) is 0 Å². The molecular formula is C11H15NO4S. The van der Waals surface area contributed by atoms with Crippen LogP contribution in [0.3, 0.4) is 0 Å². The van der Waals surface area contributed by atoms with Crippen molar-refractivity contribution in [1.29, 1.82) is 0 Å². The van der Waals surface area contributed by atoms with E-state index in [0.717, 1.165) is 6.29 Å². The van der Waals surface area contributed by atoms with Gasteiger partial charge in [-0.1, -0.05) is 18.2 Å². The molecule has 1 heterocycles. The second kappa shape index (κ2) is 5.12. The molecule has 0 amide bonds. The molecule has 2 rings (SSSR count). The zero-order chi connectivity index (χ0) is 12.3. The Hall–Kier alpha value is -0.980. The number of hydrogen-bond donors (Lipinski definition) is 0. The fourth-order valence-electron chi connectivity index (χ4n) is 1.92. The molecule has 1 aliphatic carbocycles. The van der Waals surface area contributed by atoms with Crippen molar-refractivity contribution >= 4 is 16.3 Å². The first kappa shape index (κ1) is 12.5. The number of rotatable bonds is 3. The fraction of sp³-hybridized carbons (Fsp3) is 0.545. The van der Waals surface area contributed by atoms with Crippen LogP contribution in [-0.4, -0.2) is 50.6 Å². The molecule has 0 aromatic carbocycles. The summed E-state index contributed by atoms with van der Waals surface area (Å²) < 4.78 is 31.1. The normalized spacial score (nSPS) is 26.6. The van der Waals surface area contributed by atoms with E-state index in [0.29, 0.717) is 38.3 Å². The molecular weight excluding hydrogens is 242 g/mol. The molecule has 0 aromatic heterocycles. The highest BCUT2D eigenvalue weighted by Crippen LogP contribution is 2.20. The third-order valence-corrected chi connectivity index (χ3v) is 5.14. The predicted octanol–water partition coefficient (Wildman–Crippen LogP) is 0.102. The number of carbonyl (C=O) groups is 1. The molecule has 0 bridgehead atoms. The lowest BCUT2D eigenvalue weighted by Gasteiger charge is -2.29. The average Bonchev–Trinajstić information content (AvgIpc) is 2.40. The van der Waals surface area contributed by atoms with Gasteiger partial charge in [-0.3, -0.25) is 4.79 Å². The van der Waals surface area contributed by atoms with Gasteiger partial charge in [0.1, 0.15) is 6.29 Å². The summed E-state index contributed by atoms with van der Waals surface area (Å²) in [7, 11) is -3.31. The largest absolute Gasteiger partial charge is 0.379 e. The molecule has 0 spiro atoms. The van der Waals surface area contributed by atoms with E-state index in [4.69, 9.17) is 4.74 Å². The number of ether oxygens (including phenoxy) is 1. The Labute approximate surface area is 101 Å². The van der Waals surface area contributed by atoms with Crippen LogP contribution in [-0.2, 0) is 19.6 Å². The molecule has 1 aliphatic heterocycles. The average molecular weight is 257 g/mol. The molecule has 5 nitrogen and oxygen atoms in total. The second-order valence-corrected chi connectivity index (χ2v) is 6.16. The van der Waals surface area contributed by atoms with Gasteiger partial charge in [0.05, 0.1) is 18.5 Å². The number of carbonyl (C=O) groups excluding carboxylic acids is 1. The summed E-state index contributed by atoms with van der Waals surface area (Å²) in [6, 6.07) is 0. The molecule has 1 saturated heterocycles. The van der Waals surface area contributed by atoms with Crippen LogP contribution in [0.15, 0.2) is 23.8 Å². The summed E-state index contributed by atoms with van der Waals surface area (Å²) in [6.07, 6.45) is 5.92. The van der Waals surface area contributed by atoms with Gasteiger partial charge in [0.2, 0.25) is 10.0 Å². The van der Waals surface area contributed by atoms with Crippen LogP contribution in [0.5, 0.6) is 0 Å². The van der Waals surface area contributed by atoms with Crippen molar-refractivity contribution in [1.82, 2.24) is 4.31 Å². The van der Waals surface area contributed by atoms with Gasteiger partial charge in [0.25, 0.3) is 0 Å². The molecule has 0 aromatic rings. The van der Waals surface area contributed by atoms with Crippen LogP contribution in [0.2, 0.25) is 0 Å². The Bertz CT molecular complexity index is 446. The van der Waals surface area contributed by atoms with Crippen LogP contribution in [0, 0.1) is 0 Å². The van der Waals surface area contributed by atoms with Gasteiger partial charge in [-0.15, -0.1) is 0 Å². The molecule has 1 unspecified atom stereocenters. The third kappa shape index (κ3) is 2.65. The lowest BCUT2D eigenvalue weighted by Crippen LogP contribution is -2.44. The maximum atomic E-state index is 12.2. The van der Waals surface area contributed by atoms with Crippen molar-refractivity contribution in [2.75, 3.05) is 26.3 Å². The van der Waals surface area contributed by atoms with E-state index < -0.39 is 15.3 Å². The topological polar surface area (TPSA) is 63.7 Å². The SMILES string of the molecule is O=CC1=CCC(S(=O)(=O)N2CCOCC2)C=C1. The number of morpholine rings is 1. The highest BCUT2D eigenvalue weighted by atomic mass is 32.2. The molecule has 94 valence electrons. The molecule has 0 saturated carbocycles. The molecule has 1 fully saturated rings. The quantitative estimate of drug-likeness (QED) is 0.673. The maximum absolute atomic E-state index is 12.2. The lowest BCUT2D eigenvalue weighted by molar-refractivity contribution is -0.104. The van der Waals surface area contributed by atoms with Gasteiger partial charge < -0.3 is 4.74 Å². The highest BCUT2D eigenvalue weighted by Gasteiger charge is 2.31. The van der Waals surface area contributed by atoms with Crippen LogP contribution in [0.25, 0.3) is 0 Å². The Kier molecular flexibility index (Phi) is 3.76. The first-order chi connectivity index (χ1) is 8.14. The van der Waals surface area contributed by atoms with E-state index in [1.165, 1.54) is 4.31 Å². The summed E-state index contributed by atoms with van der Waals surface area (Å²) in [5.41, 5.74) is 0.540. The first-order valence-corrected chi connectivity index (χ1v) is 7.05. The van der Waals surface area contributed by atoms with E-state index >= 15 is 0 Å². The Balaban J connectivity index is 2.09. The summed E-state index contributed by atoms with van der Waals surface area (Å²) in [5, 5.41) is -0.552. The minimum Gasteiger partial charge on any atom is -0.379 e. The van der Waals surface area contributed by atoms with E-state index in [1.807, 2.05) is 0 Å². The van der Waals surface area contributed by atoms with Crippen molar-refractivity contribution in [3.05, 3.63) is 23.8 Å². The van der Waals surface area contributed by atoms with Gasteiger partial charge in [0.15, 0.2) is 0 Å². The molecule has 0 N–H and O–H groups in total. The van der Waals surface area contributed by atoms with Gasteiger partial charge in [-0.2, -0.15) is 4.31 Å². The second-order valence-electron chi connectivity index (χ2n) is 4.01. The zero-order valence-electron chi connectivity index (χ0n) is 9.41. The first-order valence-electron chi connectivity index (χ1n) is 5.55. The van der Waals surface area contributed by atoms with Crippen molar-refractivity contribution < 1.29 is 17.9 Å². The summed E-state index contributed by atoms with van der Waals surface area (Å²) >= 11 is 0. The number of nitrogens with zero attached hydrogens (tertiary/aromatic N) is 1. The Morgan fingerprint density at radius 3 is 2.59 bits per heavy atom. The van der Waals surface area contributed by atoms with Crippen molar-refractivity contribution in [3.8, 4) is 0 Å². The van der Waals surface area contributed by atoms with Crippen LogP contribution >= 0.6 is 0 Å². The lowest BCUT2D eigenvalue weighted by atomic mass is 10.1. The fourth-order valence-corrected chi connectivity index (χ4v) is 3.58. The predicted molar refractivity (Wildman–Crippen MR) is 63.0 cm³/mol. The minimum atomic E-state index is -3.31. The minimum absolute atomic E-state index is 0.365. The smallest absolute Gasteiger partial charge is 0.221 e. The van der Waals surface area contributed by atoms with Gasteiger partial charge in [-0.05, 0) is 6.42 Å². The van der Waals surface area contributed by atoms with Crippen molar-refractivity contribution in [3.63, 3.8) is 0 Å². The third-order valence-electron chi connectivity index (χ3n) is 2.94. The zero-order valence-corrected chi connectivity index (χ0v) is 10.2. The summed E-state index contributed by atoms with van der Waals surface area (Å²) in [6.45, 7) is 1.73. The molecule has 6 heteroatoms. The van der Waals surface area contributed by atoms with E-state index in [-0.39, 0.29) is 0 Å². The van der Waals surface area contributed by atoms with Crippen LogP contribution < -0.4 is 0 Å². The maximum Gasteiger partial charge on any atom is 0.221 e. The number of allylic oxidation sites excluding steroid dienone is 3. The summed E-state index contributed by atoms with van der Waals surface area (Å²) in [5.74, 6) is 0. The van der Waals surface area contributed by atoms with Gasteiger partial charge in [-0.25, -0.2) is 8.42 Å². The monoisotopic (exact) mass is 257 g/mol. The highest BCUT2D eigenvalue weighted by molar-refractivity contribution is 7.89. The summed E-state index contributed by atoms with van der Waals surface area (Å²) in [4.78, 5) is 10.5. The number of aldehydes is 1. The van der Waals surface area contributed by atoms with Crippen molar-refractivity contribution in [2.45, 2.75) is 11.7 Å². The van der Waals surface area contributed by atoms with E-state index in [2.05, 4.69) is 0 Å². The van der Waals surface area contributed by atoms with E-state index in [1.54, 1.807) is 18.2 Å². The van der Waals surface area contributed by atoms with Crippen molar-refractivity contribution in [2.24, 2.45) is 0 Å². The Morgan fingerprint density at radius 1 is 1.35 bits per heavy atom. The molecule has 0 radical (unpaired) electrons. The molecule has 2 aliphatic rings. The van der Waals surface area contributed by atoms with Crippen LogP contribution in [0.1, 0.15) is 6.42 Å². The van der Waals surface area contributed by atoms with Gasteiger partial charge >= 0.3 is 0 Å².